The van der Waals surface area contributed by atoms with Gasteiger partial charge in [-0.2, -0.15) is 0 Å². The molecule has 0 radical (unpaired) electrons. The standard InChI is InChI=1S/C17H20N2O/c1-12-9-14-15(18-20)10-17(2,3)11-16(14)19(12)13-7-5-4-6-8-13/h4-9,20H,10-11H2,1-3H3/b18-15+. The van der Waals surface area contributed by atoms with E-state index in [4.69, 9.17) is 0 Å². The lowest BCUT2D eigenvalue weighted by molar-refractivity contribution is 0.305. The van der Waals surface area contributed by atoms with Gasteiger partial charge in [0.2, 0.25) is 0 Å². The van der Waals surface area contributed by atoms with Crippen LogP contribution in [0.3, 0.4) is 0 Å². The molecule has 0 fully saturated rings. The van der Waals surface area contributed by atoms with Gasteiger partial charge in [-0.3, -0.25) is 0 Å². The van der Waals surface area contributed by atoms with Crippen molar-refractivity contribution in [2.45, 2.75) is 33.6 Å². The van der Waals surface area contributed by atoms with Crippen LogP contribution in [0.25, 0.3) is 5.69 Å². The number of rotatable bonds is 1. The molecule has 1 aliphatic carbocycles. The zero-order chi connectivity index (χ0) is 14.3. The summed E-state index contributed by atoms with van der Waals surface area (Å²) >= 11 is 0. The fourth-order valence-electron chi connectivity index (χ4n) is 3.20. The highest BCUT2D eigenvalue weighted by molar-refractivity contribution is 6.03. The Morgan fingerprint density at radius 1 is 1.15 bits per heavy atom. The summed E-state index contributed by atoms with van der Waals surface area (Å²) in [5, 5.41) is 12.9. The van der Waals surface area contributed by atoms with Crippen LogP contribution >= 0.6 is 0 Å². The van der Waals surface area contributed by atoms with E-state index < -0.39 is 0 Å². The summed E-state index contributed by atoms with van der Waals surface area (Å²) in [5.74, 6) is 0. The number of hydrogen-bond acceptors (Lipinski definition) is 2. The number of fused-ring (bicyclic) bond motifs is 1. The first kappa shape index (κ1) is 13.0. The summed E-state index contributed by atoms with van der Waals surface area (Å²) in [6, 6.07) is 12.5. The van der Waals surface area contributed by atoms with Crippen LogP contribution in [0.1, 0.15) is 37.2 Å². The lowest BCUT2D eigenvalue weighted by Crippen LogP contribution is -2.28. The van der Waals surface area contributed by atoms with Gasteiger partial charge in [-0.25, -0.2) is 0 Å². The summed E-state index contributed by atoms with van der Waals surface area (Å²) in [7, 11) is 0. The SMILES string of the molecule is Cc1cc2c(n1-c1ccccc1)CC(C)(C)C/C2=N\O. The van der Waals surface area contributed by atoms with Crippen molar-refractivity contribution in [2.75, 3.05) is 0 Å². The van der Waals surface area contributed by atoms with E-state index in [1.807, 2.05) is 6.07 Å². The molecule has 1 aromatic heterocycles. The van der Waals surface area contributed by atoms with Gasteiger partial charge in [0, 0.05) is 22.6 Å². The molecule has 0 saturated carbocycles. The number of hydrogen-bond donors (Lipinski definition) is 1. The topological polar surface area (TPSA) is 37.5 Å². The van der Waals surface area contributed by atoms with Gasteiger partial charge in [0.15, 0.2) is 0 Å². The molecular weight excluding hydrogens is 248 g/mol. The van der Waals surface area contributed by atoms with Crippen molar-refractivity contribution in [3.05, 3.63) is 53.3 Å². The zero-order valence-electron chi connectivity index (χ0n) is 12.2. The normalized spacial score (nSPS) is 19.1. The molecule has 2 aromatic rings. The van der Waals surface area contributed by atoms with Crippen LogP contribution < -0.4 is 0 Å². The van der Waals surface area contributed by atoms with Gasteiger partial charge in [0.1, 0.15) is 0 Å². The summed E-state index contributed by atoms with van der Waals surface area (Å²) in [5.41, 5.74) is 5.60. The molecule has 0 saturated heterocycles. The van der Waals surface area contributed by atoms with Gasteiger partial charge in [-0.05, 0) is 43.4 Å². The second kappa shape index (κ2) is 4.51. The van der Waals surface area contributed by atoms with E-state index in [1.165, 1.54) is 17.1 Å². The average molecular weight is 268 g/mol. The first-order valence-electron chi connectivity index (χ1n) is 7.00. The van der Waals surface area contributed by atoms with Crippen LogP contribution in [0, 0.1) is 12.3 Å². The lowest BCUT2D eigenvalue weighted by atomic mass is 9.76. The molecule has 0 atom stereocenters. The molecule has 1 aromatic carbocycles. The Labute approximate surface area is 119 Å². The highest BCUT2D eigenvalue weighted by Gasteiger charge is 2.33. The van der Waals surface area contributed by atoms with Crippen molar-refractivity contribution < 1.29 is 5.21 Å². The number of para-hydroxylation sites is 1. The summed E-state index contributed by atoms with van der Waals surface area (Å²) in [4.78, 5) is 0. The predicted octanol–water partition coefficient (Wildman–Crippen LogP) is 3.94. The van der Waals surface area contributed by atoms with Crippen molar-refractivity contribution in [1.29, 1.82) is 0 Å². The molecule has 3 rings (SSSR count). The van der Waals surface area contributed by atoms with Gasteiger partial charge in [0.25, 0.3) is 0 Å². The van der Waals surface area contributed by atoms with E-state index in [0.717, 1.165) is 24.1 Å². The minimum atomic E-state index is 0.117. The van der Waals surface area contributed by atoms with Crippen molar-refractivity contribution in [1.82, 2.24) is 4.57 Å². The second-order valence-electron chi connectivity index (χ2n) is 6.38. The van der Waals surface area contributed by atoms with E-state index in [-0.39, 0.29) is 5.41 Å². The number of aryl methyl sites for hydroxylation is 1. The van der Waals surface area contributed by atoms with Gasteiger partial charge in [-0.15, -0.1) is 0 Å². The van der Waals surface area contributed by atoms with Crippen LogP contribution in [0.15, 0.2) is 41.6 Å². The lowest BCUT2D eigenvalue weighted by Gasteiger charge is -2.31. The van der Waals surface area contributed by atoms with E-state index in [2.05, 4.69) is 60.8 Å². The van der Waals surface area contributed by atoms with Crippen molar-refractivity contribution in [3.63, 3.8) is 0 Å². The fourth-order valence-corrected chi connectivity index (χ4v) is 3.20. The largest absolute Gasteiger partial charge is 0.411 e. The third-order valence-electron chi connectivity index (χ3n) is 4.02. The molecule has 1 N–H and O–H groups in total. The third-order valence-corrected chi connectivity index (χ3v) is 4.02. The molecule has 0 aliphatic heterocycles. The fraction of sp³-hybridized carbons (Fsp3) is 0.353. The van der Waals surface area contributed by atoms with Crippen molar-refractivity contribution >= 4 is 5.71 Å². The summed E-state index contributed by atoms with van der Waals surface area (Å²) in [6.07, 6.45) is 1.80. The molecule has 20 heavy (non-hydrogen) atoms. The van der Waals surface area contributed by atoms with Gasteiger partial charge >= 0.3 is 0 Å². The molecule has 1 aliphatic rings. The first-order chi connectivity index (χ1) is 9.52. The third kappa shape index (κ3) is 2.03. The van der Waals surface area contributed by atoms with Crippen molar-refractivity contribution in [2.24, 2.45) is 10.6 Å². The zero-order valence-corrected chi connectivity index (χ0v) is 12.2. The molecule has 0 unspecified atom stereocenters. The van der Waals surface area contributed by atoms with Gasteiger partial charge < -0.3 is 9.77 Å². The molecule has 0 spiro atoms. The van der Waals surface area contributed by atoms with E-state index >= 15 is 0 Å². The number of aromatic nitrogens is 1. The summed E-state index contributed by atoms with van der Waals surface area (Å²) < 4.78 is 2.28. The maximum Gasteiger partial charge on any atom is 0.0891 e. The predicted molar refractivity (Wildman–Crippen MR) is 80.9 cm³/mol. The Hall–Kier alpha value is -2.03. The second-order valence-corrected chi connectivity index (χ2v) is 6.38. The van der Waals surface area contributed by atoms with Crippen LogP contribution in [0.2, 0.25) is 0 Å². The minimum absolute atomic E-state index is 0.117. The molecule has 1 heterocycles. The molecule has 3 heteroatoms. The maximum absolute atomic E-state index is 9.32. The van der Waals surface area contributed by atoms with E-state index in [9.17, 15) is 5.21 Å². The first-order valence-corrected chi connectivity index (χ1v) is 7.00. The number of oxime groups is 1. The molecule has 104 valence electrons. The van der Waals surface area contributed by atoms with Gasteiger partial charge in [0.05, 0.1) is 5.71 Å². The molecule has 3 nitrogen and oxygen atoms in total. The van der Waals surface area contributed by atoms with Crippen LogP contribution in [0.4, 0.5) is 0 Å². The maximum atomic E-state index is 9.32. The Kier molecular flexibility index (Phi) is 2.93. The smallest absolute Gasteiger partial charge is 0.0891 e. The number of benzene rings is 1. The Morgan fingerprint density at radius 2 is 1.85 bits per heavy atom. The Bertz CT molecular complexity index is 666. The highest BCUT2D eigenvalue weighted by Crippen LogP contribution is 2.37. The summed E-state index contributed by atoms with van der Waals surface area (Å²) in [6.45, 7) is 6.55. The quantitative estimate of drug-likeness (QED) is 0.617. The van der Waals surface area contributed by atoms with E-state index in [0.29, 0.717) is 0 Å². The molecular formula is C17H20N2O. The van der Waals surface area contributed by atoms with Crippen LogP contribution in [-0.4, -0.2) is 15.5 Å². The Morgan fingerprint density at radius 3 is 2.50 bits per heavy atom. The molecule has 0 amide bonds. The highest BCUT2D eigenvalue weighted by atomic mass is 16.4. The van der Waals surface area contributed by atoms with E-state index in [1.54, 1.807) is 0 Å². The average Bonchev–Trinajstić information content (AvgIpc) is 2.73. The number of nitrogens with zero attached hydrogens (tertiary/aromatic N) is 2. The van der Waals surface area contributed by atoms with Crippen LogP contribution in [0.5, 0.6) is 0 Å². The van der Waals surface area contributed by atoms with Crippen molar-refractivity contribution in [3.8, 4) is 5.69 Å². The monoisotopic (exact) mass is 268 g/mol. The molecule has 0 bridgehead atoms. The minimum Gasteiger partial charge on any atom is -0.411 e. The van der Waals surface area contributed by atoms with Gasteiger partial charge in [-0.1, -0.05) is 37.2 Å². The van der Waals surface area contributed by atoms with Crippen LogP contribution in [-0.2, 0) is 6.42 Å². The Balaban J connectivity index is 2.23.